The molecule has 0 unspecified atom stereocenters. The number of nitrogens with two attached hydrogens (primary N) is 1. The van der Waals surface area contributed by atoms with Gasteiger partial charge >= 0.3 is 0 Å². The Kier molecular flexibility index (Phi) is 6.60. The highest BCUT2D eigenvalue weighted by Crippen LogP contribution is 2.27. The van der Waals surface area contributed by atoms with Crippen LogP contribution in [0.4, 0.5) is 5.69 Å². The average molecular weight is 354 g/mol. The SMILES string of the molecule is COCCc1nc2cc(NC(=O)C[C@@H]3CCC[C@H]3N)ccc2o1.Cl. The third kappa shape index (κ3) is 4.47. The molecule has 0 radical (unpaired) electrons. The largest absolute Gasteiger partial charge is 0.441 e. The molecule has 1 aromatic carbocycles. The third-order valence-corrected chi connectivity index (χ3v) is 4.40. The van der Waals surface area contributed by atoms with Crippen molar-refractivity contribution in [2.75, 3.05) is 19.0 Å². The first kappa shape index (κ1) is 18.7. The molecule has 1 amide bonds. The van der Waals surface area contributed by atoms with Gasteiger partial charge in [0.25, 0.3) is 0 Å². The Morgan fingerprint density at radius 1 is 1.46 bits per heavy atom. The number of fused-ring (bicyclic) bond motifs is 1. The van der Waals surface area contributed by atoms with Gasteiger partial charge in [-0.05, 0) is 37.0 Å². The van der Waals surface area contributed by atoms with Crippen molar-refractivity contribution in [2.45, 2.75) is 38.1 Å². The van der Waals surface area contributed by atoms with Crippen molar-refractivity contribution < 1.29 is 13.9 Å². The third-order valence-electron chi connectivity index (χ3n) is 4.40. The second-order valence-corrected chi connectivity index (χ2v) is 6.14. The average Bonchev–Trinajstić information content (AvgIpc) is 3.11. The molecule has 1 heterocycles. The quantitative estimate of drug-likeness (QED) is 0.833. The van der Waals surface area contributed by atoms with E-state index < -0.39 is 0 Å². The molecule has 132 valence electrons. The van der Waals surface area contributed by atoms with E-state index in [0.717, 1.165) is 30.5 Å². The maximum atomic E-state index is 12.2. The monoisotopic (exact) mass is 353 g/mol. The van der Waals surface area contributed by atoms with Crippen molar-refractivity contribution in [3.05, 3.63) is 24.1 Å². The Morgan fingerprint density at radius 2 is 2.29 bits per heavy atom. The summed E-state index contributed by atoms with van der Waals surface area (Å²) >= 11 is 0. The molecule has 1 aliphatic rings. The number of amides is 1. The number of hydrogen-bond acceptors (Lipinski definition) is 5. The number of nitrogens with one attached hydrogen (secondary N) is 1. The molecule has 1 aliphatic carbocycles. The molecule has 1 aromatic heterocycles. The van der Waals surface area contributed by atoms with E-state index in [9.17, 15) is 4.79 Å². The second kappa shape index (κ2) is 8.46. The molecular formula is C17H24ClN3O3. The first-order valence-corrected chi connectivity index (χ1v) is 8.09. The van der Waals surface area contributed by atoms with E-state index in [2.05, 4.69) is 10.3 Å². The zero-order valence-electron chi connectivity index (χ0n) is 13.8. The molecule has 0 saturated heterocycles. The van der Waals surface area contributed by atoms with E-state index in [1.54, 1.807) is 7.11 Å². The number of ether oxygens (including phenoxy) is 1. The van der Waals surface area contributed by atoms with Crippen molar-refractivity contribution >= 4 is 35.1 Å². The number of aromatic nitrogens is 1. The van der Waals surface area contributed by atoms with E-state index in [4.69, 9.17) is 14.9 Å². The van der Waals surface area contributed by atoms with Crippen molar-refractivity contribution in [1.82, 2.24) is 4.98 Å². The van der Waals surface area contributed by atoms with Crippen LogP contribution in [0.25, 0.3) is 11.1 Å². The molecule has 2 atom stereocenters. The molecule has 6 nitrogen and oxygen atoms in total. The van der Waals surface area contributed by atoms with Gasteiger partial charge in [0.15, 0.2) is 11.5 Å². The molecular weight excluding hydrogens is 330 g/mol. The van der Waals surface area contributed by atoms with Gasteiger partial charge in [-0.1, -0.05) is 6.42 Å². The van der Waals surface area contributed by atoms with Gasteiger partial charge in [0.2, 0.25) is 5.91 Å². The second-order valence-electron chi connectivity index (χ2n) is 6.14. The van der Waals surface area contributed by atoms with Gasteiger partial charge in [-0.3, -0.25) is 4.79 Å². The van der Waals surface area contributed by atoms with Crippen LogP contribution in [0, 0.1) is 5.92 Å². The summed E-state index contributed by atoms with van der Waals surface area (Å²) in [7, 11) is 1.65. The van der Waals surface area contributed by atoms with Crippen molar-refractivity contribution in [3.8, 4) is 0 Å². The molecule has 0 bridgehead atoms. The minimum atomic E-state index is 0. The van der Waals surface area contributed by atoms with Gasteiger partial charge in [0.1, 0.15) is 5.52 Å². The summed E-state index contributed by atoms with van der Waals surface area (Å²) in [5.41, 5.74) is 8.22. The maximum Gasteiger partial charge on any atom is 0.224 e. The lowest BCUT2D eigenvalue weighted by Gasteiger charge is -2.14. The lowest BCUT2D eigenvalue weighted by atomic mass is 10.00. The molecule has 0 aliphatic heterocycles. The van der Waals surface area contributed by atoms with Gasteiger partial charge in [-0.15, -0.1) is 12.4 Å². The van der Waals surface area contributed by atoms with Gasteiger partial charge in [-0.25, -0.2) is 4.98 Å². The highest BCUT2D eigenvalue weighted by Gasteiger charge is 2.26. The summed E-state index contributed by atoms with van der Waals surface area (Å²) in [5.74, 6) is 0.948. The van der Waals surface area contributed by atoms with Crippen LogP contribution in [0.2, 0.25) is 0 Å². The summed E-state index contributed by atoms with van der Waals surface area (Å²) in [4.78, 5) is 16.6. The zero-order chi connectivity index (χ0) is 16.2. The first-order valence-electron chi connectivity index (χ1n) is 8.09. The van der Waals surface area contributed by atoms with Gasteiger partial charge in [0.05, 0.1) is 6.61 Å². The summed E-state index contributed by atoms with van der Waals surface area (Å²) in [6.07, 6.45) is 4.30. The van der Waals surface area contributed by atoms with Crippen LogP contribution < -0.4 is 11.1 Å². The fourth-order valence-electron chi connectivity index (χ4n) is 3.12. The van der Waals surface area contributed by atoms with E-state index in [1.165, 1.54) is 0 Å². The molecule has 0 spiro atoms. The minimum Gasteiger partial charge on any atom is -0.441 e. The number of methoxy groups -OCH3 is 1. The summed E-state index contributed by atoms with van der Waals surface area (Å²) in [6, 6.07) is 5.65. The Balaban J connectivity index is 0.00000208. The van der Waals surface area contributed by atoms with Crippen LogP contribution in [0.15, 0.2) is 22.6 Å². The highest BCUT2D eigenvalue weighted by molar-refractivity contribution is 5.93. The van der Waals surface area contributed by atoms with E-state index in [1.807, 2.05) is 18.2 Å². The Bertz CT molecular complexity index is 689. The summed E-state index contributed by atoms with van der Waals surface area (Å²) in [6.45, 7) is 0.568. The summed E-state index contributed by atoms with van der Waals surface area (Å²) < 4.78 is 10.7. The van der Waals surface area contributed by atoms with Crippen LogP contribution in [-0.4, -0.2) is 30.6 Å². The van der Waals surface area contributed by atoms with Crippen LogP contribution >= 0.6 is 12.4 Å². The molecule has 7 heteroatoms. The topological polar surface area (TPSA) is 90.4 Å². The molecule has 1 fully saturated rings. The number of halogens is 1. The molecule has 3 N–H and O–H groups in total. The Labute approximate surface area is 147 Å². The zero-order valence-corrected chi connectivity index (χ0v) is 14.6. The van der Waals surface area contributed by atoms with E-state index >= 15 is 0 Å². The first-order chi connectivity index (χ1) is 11.2. The standard InChI is InChI=1S/C17H23N3O3.ClH/c1-22-8-7-17-20-14-10-12(5-6-15(14)23-17)19-16(21)9-11-3-2-4-13(11)18;/h5-6,10-11,13H,2-4,7-9,18H2,1H3,(H,19,21);1H/t11-,13+;/m0./s1. The number of nitrogens with zero attached hydrogens (tertiary/aromatic N) is 1. The molecule has 3 rings (SSSR count). The highest BCUT2D eigenvalue weighted by atomic mass is 35.5. The number of rotatable bonds is 6. The van der Waals surface area contributed by atoms with Crippen LogP contribution in [0.3, 0.4) is 0 Å². The van der Waals surface area contributed by atoms with E-state index in [0.29, 0.717) is 36.8 Å². The lowest BCUT2D eigenvalue weighted by molar-refractivity contribution is -0.117. The number of benzene rings is 1. The lowest BCUT2D eigenvalue weighted by Crippen LogP contribution is -2.28. The Morgan fingerprint density at radius 3 is 3.00 bits per heavy atom. The molecule has 2 aromatic rings. The van der Waals surface area contributed by atoms with Crippen molar-refractivity contribution in [2.24, 2.45) is 11.7 Å². The van der Waals surface area contributed by atoms with Crippen LogP contribution in [0.5, 0.6) is 0 Å². The number of carbonyl (C=O) groups excluding carboxylic acids is 1. The van der Waals surface area contributed by atoms with Crippen LogP contribution in [0.1, 0.15) is 31.6 Å². The fourth-order valence-corrected chi connectivity index (χ4v) is 3.12. The van der Waals surface area contributed by atoms with Crippen LogP contribution in [-0.2, 0) is 16.0 Å². The van der Waals surface area contributed by atoms with Gasteiger partial charge in [0, 0.05) is 31.7 Å². The smallest absolute Gasteiger partial charge is 0.224 e. The predicted octanol–water partition coefficient (Wildman–Crippen LogP) is 2.89. The van der Waals surface area contributed by atoms with Crippen molar-refractivity contribution in [3.63, 3.8) is 0 Å². The van der Waals surface area contributed by atoms with Crippen molar-refractivity contribution in [1.29, 1.82) is 0 Å². The summed E-state index contributed by atoms with van der Waals surface area (Å²) in [5, 5.41) is 2.93. The number of anilines is 1. The van der Waals surface area contributed by atoms with E-state index in [-0.39, 0.29) is 24.4 Å². The van der Waals surface area contributed by atoms with Gasteiger partial charge < -0.3 is 20.2 Å². The normalized spacial score (nSPS) is 20.1. The predicted molar refractivity (Wildman–Crippen MR) is 95.4 cm³/mol. The molecule has 24 heavy (non-hydrogen) atoms. The number of carbonyl (C=O) groups is 1. The molecule has 1 saturated carbocycles. The maximum absolute atomic E-state index is 12.2. The fraction of sp³-hybridized carbons (Fsp3) is 0.529. The number of hydrogen-bond donors (Lipinski definition) is 2. The Hall–Kier alpha value is -1.63. The number of oxazole rings is 1. The minimum absolute atomic E-state index is 0. The van der Waals surface area contributed by atoms with Gasteiger partial charge in [-0.2, -0.15) is 0 Å².